The van der Waals surface area contributed by atoms with Crippen molar-refractivity contribution in [3.8, 4) is 0 Å². The van der Waals surface area contributed by atoms with Crippen LogP contribution >= 0.6 is 0 Å². The number of rotatable bonds is 4. The summed E-state index contributed by atoms with van der Waals surface area (Å²) >= 11 is 0. The highest BCUT2D eigenvalue weighted by atomic mass is 28.4. The smallest absolute Gasteiger partial charge is 0.341 e. The van der Waals surface area contributed by atoms with Crippen LogP contribution in [0.4, 0.5) is 0 Å². The Morgan fingerprint density at radius 1 is 1.44 bits per heavy atom. The minimum Gasteiger partial charge on any atom is -0.465 e. The van der Waals surface area contributed by atoms with Gasteiger partial charge in [0.25, 0.3) is 0 Å². The van der Waals surface area contributed by atoms with Crippen molar-refractivity contribution in [1.29, 1.82) is 0 Å². The summed E-state index contributed by atoms with van der Waals surface area (Å²) < 4.78 is 17.1. The van der Waals surface area contributed by atoms with E-state index in [1.165, 1.54) is 6.92 Å². The average molecular weight is 371 g/mol. The second kappa shape index (κ2) is 6.21. The predicted molar refractivity (Wildman–Crippen MR) is 95.3 cm³/mol. The third-order valence-corrected chi connectivity index (χ3v) is 10.5. The second-order valence-electron chi connectivity index (χ2n) is 8.90. The van der Waals surface area contributed by atoms with E-state index in [4.69, 9.17) is 13.9 Å². The summed E-state index contributed by atoms with van der Waals surface area (Å²) in [5.41, 5.74) is -2.11. The van der Waals surface area contributed by atoms with Crippen LogP contribution in [0.1, 0.15) is 34.6 Å². The van der Waals surface area contributed by atoms with Gasteiger partial charge < -0.3 is 19.0 Å². The summed E-state index contributed by atoms with van der Waals surface area (Å²) in [5, 5.41) is 10.5. The molecule has 25 heavy (non-hydrogen) atoms. The molecule has 1 saturated heterocycles. The molecule has 2 rings (SSSR count). The maximum Gasteiger partial charge on any atom is 0.341 e. The first-order valence-electron chi connectivity index (χ1n) is 8.64. The summed E-state index contributed by atoms with van der Waals surface area (Å²) in [6.45, 7) is 13.7. The number of fused-ring (bicyclic) bond motifs is 1. The first kappa shape index (κ1) is 20.1. The average Bonchev–Trinajstić information content (AvgIpc) is 2.78. The standard InChI is InChI=1S/C18H30O6Si/c1-12(19)23-11-17(5)13-10-22-15(21)18(13,9-8-14(17)20)24-25(6,7)16(2,3)4/h8-9,13-14,20H,10-11H2,1-7H3/t13-,14-,17-,18-/m0/s1. The maximum atomic E-state index is 12.7. The first-order valence-corrected chi connectivity index (χ1v) is 11.6. The van der Waals surface area contributed by atoms with E-state index in [2.05, 4.69) is 33.9 Å². The minimum atomic E-state index is -2.30. The lowest BCUT2D eigenvalue weighted by Crippen LogP contribution is -2.61. The number of aliphatic hydroxyl groups excluding tert-OH is 1. The van der Waals surface area contributed by atoms with Gasteiger partial charge >= 0.3 is 11.9 Å². The van der Waals surface area contributed by atoms with Crippen molar-refractivity contribution in [3.05, 3.63) is 12.2 Å². The summed E-state index contributed by atoms with van der Waals surface area (Å²) in [5.74, 6) is -1.29. The van der Waals surface area contributed by atoms with Gasteiger partial charge in [0.15, 0.2) is 13.9 Å². The van der Waals surface area contributed by atoms with E-state index in [0.717, 1.165) is 0 Å². The van der Waals surface area contributed by atoms with Crippen LogP contribution < -0.4 is 0 Å². The van der Waals surface area contributed by atoms with Gasteiger partial charge in [-0.1, -0.05) is 33.8 Å². The van der Waals surface area contributed by atoms with Crippen LogP contribution in [0.15, 0.2) is 12.2 Å². The molecule has 0 spiro atoms. The summed E-state index contributed by atoms with van der Waals surface area (Å²) in [6, 6.07) is 0. The van der Waals surface area contributed by atoms with E-state index in [1.54, 1.807) is 19.1 Å². The van der Waals surface area contributed by atoms with E-state index in [-0.39, 0.29) is 18.3 Å². The zero-order chi connectivity index (χ0) is 19.3. The number of carbonyl (C=O) groups excluding carboxylic acids is 2. The molecule has 1 fully saturated rings. The van der Waals surface area contributed by atoms with Crippen LogP contribution in [0, 0.1) is 11.3 Å². The number of hydrogen-bond donors (Lipinski definition) is 1. The molecule has 1 aliphatic carbocycles. The highest BCUT2D eigenvalue weighted by Gasteiger charge is 2.65. The lowest BCUT2D eigenvalue weighted by atomic mass is 9.63. The van der Waals surface area contributed by atoms with Crippen molar-refractivity contribution < 1.29 is 28.6 Å². The van der Waals surface area contributed by atoms with Gasteiger partial charge in [0.2, 0.25) is 0 Å². The number of cyclic esters (lactones) is 1. The molecule has 7 heteroatoms. The summed E-state index contributed by atoms with van der Waals surface area (Å²) in [7, 11) is -2.30. The number of hydrogen-bond acceptors (Lipinski definition) is 6. The SMILES string of the molecule is CC(=O)OC[C@]1(C)[C@@H](O)C=C[C@@]2(O[Si](C)(C)C(C)(C)C)C(=O)OC[C@@H]12. The molecule has 1 N–H and O–H groups in total. The fourth-order valence-electron chi connectivity index (χ4n) is 3.23. The van der Waals surface area contributed by atoms with Gasteiger partial charge in [0.05, 0.1) is 19.3 Å². The van der Waals surface area contributed by atoms with Gasteiger partial charge in [-0.2, -0.15) is 0 Å². The van der Waals surface area contributed by atoms with Gasteiger partial charge in [0.1, 0.15) is 0 Å². The zero-order valence-electron chi connectivity index (χ0n) is 16.2. The topological polar surface area (TPSA) is 82.1 Å². The summed E-state index contributed by atoms with van der Waals surface area (Å²) in [6.07, 6.45) is 2.36. The van der Waals surface area contributed by atoms with Crippen molar-refractivity contribution in [1.82, 2.24) is 0 Å². The van der Waals surface area contributed by atoms with Gasteiger partial charge in [-0.15, -0.1) is 0 Å². The van der Waals surface area contributed by atoms with Crippen molar-refractivity contribution >= 4 is 20.3 Å². The lowest BCUT2D eigenvalue weighted by Gasteiger charge is -2.50. The van der Waals surface area contributed by atoms with E-state index >= 15 is 0 Å². The van der Waals surface area contributed by atoms with E-state index in [9.17, 15) is 14.7 Å². The number of aliphatic hydroxyl groups is 1. The molecule has 4 atom stereocenters. The van der Waals surface area contributed by atoms with Crippen LogP contribution in [0.5, 0.6) is 0 Å². The largest absolute Gasteiger partial charge is 0.465 e. The summed E-state index contributed by atoms with van der Waals surface area (Å²) in [4.78, 5) is 24.0. The Morgan fingerprint density at radius 2 is 2.04 bits per heavy atom. The van der Waals surface area contributed by atoms with Crippen molar-refractivity contribution in [3.63, 3.8) is 0 Å². The monoisotopic (exact) mass is 370 g/mol. The Labute approximate surface area is 150 Å². The molecule has 142 valence electrons. The van der Waals surface area contributed by atoms with Crippen molar-refractivity contribution in [2.75, 3.05) is 13.2 Å². The van der Waals surface area contributed by atoms with Crippen molar-refractivity contribution in [2.45, 2.75) is 64.5 Å². The number of ether oxygens (including phenoxy) is 2. The fourth-order valence-corrected chi connectivity index (χ4v) is 4.67. The van der Waals surface area contributed by atoms with Crippen LogP contribution in [0.2, 0.25) is 18.1 Å². The molecule has 0 amide bonds. The van der Waals surface area contributed by atoms with Gasteiger partial charge in [-0.25, -0.2) is 4.79 Å². The molecule has 0 unspecified atom stereocenters. The Kier molecular flexibility index (Phi) is 5.00. The zero-order valence-corrected chi connectivity index (χ0v) is 17.2. The van der Waals surface area contributed by atoms with E-state index < -0.39 is 43.3 Å². The van der Waals surface area contributed by atoms with Crippen LogP contribution in [-0.4, -0.2) is 50.3 Å². The van der Waals surface area contributed by atoms with Crippen LogP contribution in [0.25, 0.3) is 0 Å². The minimum absolute atomic E-state index is 0.00222. The molecule has 0 bridgehead atoms. The normalized spacial score (nSPS) is 35.3. The molecule has 1 aliphatic heterocycles. The van der Waals surface area contributed by atoms with E-state index in [0.29, 0.717) is 0 Å². The Hall–Kier alpha value is -1.18. The highest BCUT2D eigenvalue weighted by molar-refractivity contribution is 6.74. The number of carbonyl (C=O) groups is 2. The molecular weight excluding hydrogens is 340 g/mol. The maximum absolute atomic E-state index is 12.7. The van der Waals surface area contributed by atoms with Crippen LogP contribution in [0.3, 0.4) is 0 Å². The van der Waals surface area contributed by atoms with Crippen molar-refractivity contribution in [2.24, 2.45) is 11.3 Å². The molecular formula is C18H30O6Si. The third kappa shape index (κ3) is 3.29. The van der Waals surface area contributed by atoms with Crippen LogP contribution in [-0.2, 0) is 23.5 Å². The van der Waals surface area contributed by atoms with Gasteiger partial charge in [-0.3, -0.25) is 4.79 Å². The molecule has 0 aromatic heterocycles. The Morgan fingerprint density at radius 3 is 2.56 bits per heavy atom. The van der Waals surface area contributed by atoms with Gasteiger partial charge in [0, 0.05) is 18.3 Å². The second-order valence-corrected chi connectivity index (χ2v) is 13.6. The molecule has 0 radical (unpaired) electrons. The first-order chi connectivity index (χ1) is 11.3. The molecule has 1 heterocycles. The molecule has 2 aliphatic rings. The Bertz CT molecular complexity index is 593. The molecule has 0 aromatic carbocycles. The Balaban J connectivity index is 2.46. The van der Waals surface area contributed by atoms with E-state index in [1.807, 2.05) is 0 Å². The molecule has 0 aromatic rings. The van der Waals surface area contributed by atoms with Gasteiger partial charge in [-0.05, 0) is 24.2 Å². The fraction of sp³-hybridized carbons (Fsp3) is 0.778. The molecule has 6 nitrogen and oxygen atoms in total. The molecule has 0 saturated carbocycles. The quantitative estimate of drug-likeness (QED) is 0.465. The number of esters is 2. The highest BCUT2D eigenvalue weighted by Crippen LogP contribution is 2.52. The lowest BCUT2D eigenvalue weighted by molar-refractivity contribution is -0.157. The third-order valence-electron chi connectivity index (χ3n) is 6.03. The predicted octanol–water partition coefficient (Wildman–Crippen LogP) is 2.42.